The van der Waals surface area contributed by atoms with E-state index in [1.165, 1.54) is 25.7 Å². The van der Waals surface area contributed by atoms with Crippen molar-refractivity contribution in [3.8, 4) is 11.5 Å². The van der Waals surface area contributed by atoms with Crippen LogP contribution in [-0.2, 0) is 4.79 Å². The number of benzene rings is 2. The summed E-state index contributed by atoms with van der Waals surface area (Å²) in [6, 6.07) is 15.0. The van der Waals surface area contributed by atoms with Crippen molar-refractivity contribution < 1.29 is 14.3 Å². The van der Waals surface area contributed by atoms with Crippen LogP contribution in [0.3, 0.4) is 0 Å². The minimum atomic E-state index is -0.212. The normalized spacial score (nSPS) is 13.4. The van der Waals surface area contributed by atoms with Gasteiger partial charge in [-0.3, -0.25) is 4.79 Å². The zero-order valence-electron chi connectivity index (χ0n) is 16.4. The average Bonchev–Trinajstić information content (AvgIpc) is 2.74. The lowest BCUT2D eigenvalue weighted by Crippen LogP contribution is -2.20. The molecule has 0 radical (unpaired) electrons. The zero-order valence-corrected chi connectivity index (χ0v) is 16.4. The Morgan fingerprint density at radius 2 is 1.75 bits per heavy atom. The Bertz CT molecular complexity index is 800. The predicted molar refractivity (Wildman–Crippen MR) is 113 cm³/mol. The van der Waals surface area contributed by atoms with Gasteiger partial charge < -0.3 is 20.1 Å². The van der Waals surface area contributed by atoms with Crippen molar-refractivity contribution in [2.24, 2.45) is 0 Å². The fourth-order valence-corrected chi connectivity index (χ4v) is 3.25. The quantitative estimate of drug-likeness (QED) is 0.600. The molecule has 1 amide bonds. The first-order chi connectivity index (χ1) is 13.7. The van der Waals surface area contributed by atoms with Crippen LogP contribution in [-0.4, -0.2) is 26.2 Å². The highest BCUT2D eigenvalue weighted by atomic mass is 16.5. The molecule has 5 nitrogen and oxygen atoms in total. The third-order valence-corrected chi connectivity index (χ3v) is 4.76. The number of para-hydroxylation sites is 2. The summed E-state index contributed by atoms with van der Waals surface area (Å²) < 4.78 is 10.8. The van der Waals surface area contributed by atoms with Crippen LogP contribution in [0.1, 0.15) is 32.1 Å². The molecule has 5 heteroatoms. The zero-order chi connectivity index (χ0) is 19.6. The smallest absolute Gasteiger partial charge is 0.262 e. The number of anilines is 2. The average molecular weight is 380 g/mol. The largest absolute Gasteiger partial charge is 0.493 e. The number of carbonyl (C=O) groups is 1. The van der Waals surface area contributed by atoms with E-state index in [4.69, 9.17) is 9.47 Å². The lowest BCUT2D eigenvalue weighted by atomic mass is 9.97. The van der Waals surface area contributed by atoms with Crippen LogP contribution >= 0.6 is 0 Å². The Labute approximate surface area is 166 Å². The van der Waals surface area contributed by atoms with E-state index in [1.54, 1.807) is 24.8 Å². The molecule has 2 N–H and O–H groups in total. The van der Waals surface area contributed by atoms with Crippen molar-refractivity contribution in [2.75, 3.05) is 30.9 Å². The lowest BCUT2D eigenvalue weighted by Gasteiger charge is -2.14. The number of rotatable bonds is 9. The fourth-order valence-electron chi connectivity index (χ4n) is 3.25. The molecule has 2 aromatic rings. The van der Waals surface area contributed by atoms with Crippen molar-refractivity contribution in [1.29, 1.82) is 0 Å². The maximum absolute atomic E-state index is 12.1. The fraction of sp³-hybridized carbons (Fsp3) is 0.348. The van der Waals surface area contributed by atoms with Crippen LogP contribution in [0, 0.1) is 0 Å². The second kappa shape index (κ2) is 10.4. The van der Waals surface area contributed by atoms with Gasteiger partial charge in [0.05, 0.1) is 7.11 Å². The van der Waals surface area contributed by atoms with Gasteiger partial charge in [0, 0.05) is 17.9 Å². The summed E-state index contributed by atoms with van der Waals surface area (Å²) in [6.45, 7) is 0.861. The van der Waals surface area contributed by atoms with Crippen molar-refractivity contribution in [3.63, 3.8) is 0 Å². The molecule has 1 aliphatic carbocycles. The molecule has 0 unspecified atom stereocenters. The Kier molecular flexibility index (Phi) is 7.36. The van der Waals surface area contributed by atoms with Crippen LogP contribution in [0.4, 0.5) is 11.4 Å². The van der Waals surface area contributed by atoms with Gasteiger partial charge in [-0.1, -0.05) is 23.8 Å². The Morgan fingerprint density at radius 3 is 2.46 bits per heavy atom. The van der Waals surface area contributed by atoms with Gasteiger partial charge in [-0.05, 0) is 68.5 Å². The summed E-state index contributed by atoms with van der Waals surface area (Å²) in [6.07, 6.45) is 8.60. The van der Waals surface area contributed by atoms with Crippen LogP contribution in [0.2, 0.25) is 0 Å². The summed E-state index contributed by atoms with van der Waals surface area (Å²) in [7, 11) is 1.57. The van der Waals surface area contributed by atoms with Crippen molar-refractivity contribution in [1.82, 2.24) is 0 Å². The second-order valence-corrected chi connectivity index (χ2v) is 6.85. The number of amides is 1. The van der Waals surface area contributed by atoms with Gasteiger partial charge in [0.2, 0.25) is 0 Å². The highest BCUT2D eigenvalue weighted by Crippen LogP contribution is 2.25. The van der Waals surface area contributed by atoms with E-state index >= 15 is 0 Å². The summed E-state index contributed by atoms with van der Waals surface area (Å²) >= 11 is 0. The first kappa shape index (κ1) is 19.8. The number of carbonyl (C=O) groups excluding carboxylic acids is 1. The number of ether oxygens (including phenoxy) is 2. The lowest BCUT2D eigenvalue weighted by molar-refractivity contribution is -0.118. The highest BCUT2D eigenvalue weighted by Gasteiger charge is 2.07. The summed E-state index contributed by atoms with van der Waals surface area (Å²) in [5.74, 6) is 0.943. The Hall–Kier alpha value is -2.95. The highest BCUT2D eigenvalue weighted by molar-refractivity contribution is 5.92. The van der Waals surface area contributed by atoms with Gasteiger partial charge in [-0.25, -0.2) is 0 Å². The van der Waals surface area contributed by atoms with E-state index in [9.17, 15) is 4.79 Å². The summed E-state index contributed by atoms with van der Waals surface area (Å²) in [5.41, 5.74) is 3.37. The molecule has 0 bridgehead atoms. The van der Waals surface area contributed by atoms with Crippen LogP contribution in [0.5, 0.6) is 11.5 Å². The molecule has 0 aliphatic heterocycles. The van der Waals surface area contributed by atoms with E-state index < -0.39 is 0 Å². The minimum absolute atomic E-state index is 0.0739. The Balaban J connectivity index is 1.42. The van der Waals surface area contributed by atoms with E-state index in [2.05, 4.69) is 16.7 Å². The first-order valence-corrected chi connectivity index (χ1v) is 9.82. The van der Waals surface area contributed by atoms with Crippen LogP contribution in [0.25, 0.3) is 0 Å². The minimum Gasteiger partial charge on any atom is -0.493 e. The maximum Gasteiger partial charge on any atom is 0.262 e. The molecule has 0 atom stereocenters. The molecule has 0 saturated heterocycles. The van der Waals surface area contributed by atoms with E-state index in [0.717, 1.165) is 24.3 Å². The number of hydrogen-bond acceptors (Lipinski definition) is 4. The third-order valence-electron chi connectivity index (χ3n) is 4.76. The molecule has 0 heterocycles. The maximum atomic E-state index is 12.1. The first-order valence-electron chi connectivity index (χ1n) is 9.82. The molecular formula is C23H28N2O3. The number of allylic oxidation sites excluding steroid dienone is 1. The number of hydrogen-bond donors (Lipinski definition) is 2. The molecule has 1 aliphatic rings. The van der Waals surface area contributed by atoms with Crippen LogP contribution in [0.15, 0.2) is 60.2 Å². The van der Waals surface area contributed by atoms with Gasteiger partial charge in [0.25, 0.3) is 5.91 Å². The Morgan fingerprint density at radius 1 is 1.00 bits per heavy atom. The van der Waals surface area contributed by atoms with E-state index in [0.29, 0.717) is 11.5 Å². The van der Waals surface area contributed by atoms with Gasteiger partial charge in [-0.15, -0.1) is 0 Å². The molecule has 2 aromatic carbocycles. The monoisotopic (exact) mass is 380 g/mol. The molecule has 0 saturated carbocycles. The molecular weight excluding hydrogens is 352 g/mol. The molecule has 0 aromatic heterocycles. The molecule has 3 rings (SSSR count). The second-order valence-electron chi connectivity index (χ2n) is 6.85. The van der Waals surface area contributed by atoms with Gasteiger partial charge in [0.15, 0.2) is 18.1 Å². The van der Waals surface area contributed by atoms with Crippen LogP contribution < -0.4 is 20.1 Å². The number of nitrogens with one attached hydrogen (secondary N) is 2. The third kappa shape index (κ3) is 6.05. The van der Waals surface area contributed by atoms with Crippen molar-refractivity contribution >= 4 is 17.3 Å². The summed E-state index contributed by atoms with van der Waals surface area (Å²) in [4.78, 5) is 12.1. The molecule has 0 spiro atoms. The SMILES string of the molecule is COc1ccccc1OCC(=O)Nc1ccc(NCCC2=CCCCC2)cc1. The molecule has 28 heavy (non-hydrogen) atoms. The predicted octanol–water partition coefficient (Wildman–Crippen LogP) is 5.02. The number of methoxy groups -OCH3 is 1. The standard InChI is InChI=1S/C23H28N2O3/c1-27-21-9-5-6-10-22(21)28-17-23(26)25-20-13-11-19(12-14-20)24-16-15-18-7-3-2-4-8-18/h5-7,9-14,24H,2-4,8,15-17H2,1H3,(H,25,26). The van der Waals surface area contributed by atoms with Gasteiger partial charge in [0.1, 0.15) is 0 Å². The van der Waals surface area contributed by atoms with Crippen molar-refractivity contribution in [3.05, 3.63) is 60.2 Å². The topological polar surface area (TPSA) is 59.6 Å². The molecule has 148 valence electrons. The summed E-state index contributed by atoms with van der Waals surface area (Å²) in [5, 5.41) is 6.28. The molecule has 0 fully saturated rings. The van der Waals surface area contributed by atoms with Gasteiger partial charge in [-0.2, -0.15) is 0 Å². The van der Waals surface area contributed by atoms with Crippen molar-refractivity contribution in [2.45, 2.75) is 32.1 Å². The van der Waals surface area contributed by atoms with E-state index in [-0.39, 0.29) is 12.5 Å². The van der Waals surface area contributed by atoms with Gasteiger partial charge >= 0.3 is 0 Å². The van der Waals surface area contributed by atoms with E-state index in [1.807, 2.05) is 36.4 Å².